The van der Waals surface area contributed by atoms with E-state index in [0.29, 0.717) is 25.8 Å². The first-order valence-electron chi connectivity index (χ1n) is 16.5. The Bertz CT molecular complexity index is 1230. The Hall–Kier alpha value is -3.92. The largest absolute Gasteiger partial charge is 0.480 e. The van der Waals surface area contributed by atoms with Crippen molar-refractivity contribution in [2.24, 2.45) is 0 Å². The number of nitrogens with one attached hydrogen (secondary N) is 5. The molecule has 0 radical (unpaired) electrons. The third-order valence-corrected chi connectivity index (χ3v) is 8.00. The van der Waals surface area contributed by atoms with Crippen LogP contribution in [0, 0.1) is 0 Å². The molecule has 0 aliphatic carbocycles. The van der Waals surface area contributed by atoms with Crippen LogP contribution in [0.3, 0.4) is 0 Å². The highest BCUT2D eigenvalue weighted by Crippen LogP contribution is 2.05. The molecule has 0 aliphatic heterocycles. The summed E-state index contributed by atoms with van der Waals surface area (Å²) in [5, 5.41) is 49.9. The maximum atomic E-state index is 12.3. The molecule has 0 bridgehead atoms. The van der Waals surface area contributed by atoms with Crippen molar-refractivity contribution in [3.8, 4) is 0 Å². The van der Waals surface area contributed by atoms with Crippen molar-refractivity contribution in [3.63, 3.8) is 0 Å². The fourth-order valence-corrected chi connectivity index (χ4v) is 4.88. The molecule has 3 atom stereocenters. The quantitative estimate of drug-likeness (QED) is 0.0263. The smallest absolute Gasteiger partial charge is 0.326 e. The summed E-state index contributed by atoms with van der Waals surface area (Å²) in [4.78, 5) is 82.7. The number of carbonyl (C=O) groups is 7. The average molecular weight is 756 g/mol. The summed E-state index contributed by atoms with van der Waals surface area (Å²) < 4.78 is 32.8. The number of aliphatic carboxylic acids is 2. The molecule has 3 unspecified atom stereocenters. The Morgan fingerprint density at radius 3 is 1.73 bits per heavy atom. The van der Waals surface area contributed by atoms with Crippen molar-refractivity contribution < 1.29 is 71.9 Å². The first kappa shape index (κ1) is 47.1. The van der Waals surface area contributed by atoms with E-state index in [2.05, 4.69) is 26.6 Å². The second kappa shape index (κ2) is 26.8. The number of carboxylic acid groups (broad SMARTS) is 2. The standard InChI is InChI=1S/C30H53N5O15S/c1-3-23(36)31-13-5-4-7-20(28(41)42)35-27(40)19-50-17-16-49-15-14-32-24(37)11-9-21(29(43)44)34-26(39)12-10-22(30(45)46)33-25(38)8-6-18-51(2,47)48/h20-22,28,41-42H,3-19H2,1-2H3,(H,31,36)(H,32,37)(H,33,38)(H,34,39)(H,35,40)(H,43,44)(H,45,46). The summed E-state index contributed by atoms with van der Waals surface area (Å²) in [6, 6.07) is -3.81. The lowest BCUT2D eigenvalue weighted by Gasteiger charge is -2.20. The number of aliphatic hydroxyl groups excluding tert-OH is 1. The minimum atomic E-state index is -3.30. The van der Waals surface area contributed by atoms with Gasteiger partial charge in [-0.25, -0.2) is 18.0 Å². The van der Waals surface area contributed by atoms with Crippen molar-refractivity contribution >= 4 is 51.3 Å². The number of hydrogen-bond acceptors (Lipinski definition) is 13. The number of sulfone groups is 1. The van der Waals surface area contributed by atoms with Crippen molar-refractivity contribution in [3.05, 3.63) is 0 Å². The highest BCUT2D eigenvalue weighted by Gasteiger charge is 2.25. The van der Waals surface area contributed by atoms with Gasteiger partial charge in [-0.3, -0.25) is 24.0 Å². The van der Waals surface area contributed by atoms with Gasteiger partial charge in [0.05, 0.1) is 31.6 Å². The van der Waals surface area contributed by atoms with E-state index in [1.54, 1.807) is 6.92 Å². The number of rotatable bonds is 30. The highest BCUT2D eigenvalue weighted by atomic mass is 32.2. The molecule has 0 aliphatic rings. The van der Waals surface area contributed by atoms with E-state index < -0.39 is 76.2 Å². The SMILES string of the molecule is CCC(=O)NCCCCC(NC(=O)COCCOCCNC(=O)CCC(NC(=O)CCC(NC(=O)CCCS(C)(=O)=O)C(=O)O)C(=O)O)C(O)O. The van der Waals surface area contributed by atoms with Gasteiger partial charge in [0.15, 0.2) is 6.29 Å². The van der Waals surface area contributed by atoms with Gasteiger partial charge in [-0.1, -0.05) is 6.92 Å². The van der Waals surface area contributed by atoms with Gasteiger partial charge in [0.2, 0.25) is 29.5 Å². The molecule has 0 aromatic carbocycles. The Morgan fingerprint density at radius 2 is 1.18 bits per heavy atom. The van der Waals surface area contributed by atoms with E-state index in [-0.39, 0.29) is 83.2 Å². The van der Waals surface area contributed by atoms with E-state index >= 15 is 0 Å². The summed E-state index contributed by atoms with van der Waals surface area (Å²) in [5.41, 5.74) is 0. The van der Waals surface area contributed by atoms with Crippen molar-refractivity contribution in [1.82, 2.24) is 26.6 Å². The minimum Gasteiger partial charge on any atom is -0.480 e. The molecule has 0 saturated heterocycles. The number of carboxylic acids is 2. The van der Waals surface area contributed by atoms with Crippen LogP contribution in [0.2, 0.25) is 0 Å². The molecule has 0 rings (SSSR count). The summed E-state index contributed by atoms with van der Waals surface area (Å²) in [6.07, 6.45) is -0.580. The molecule has 5 amide bonds. The third-order valence-electron chi connectivity index (χ3n) is 6.97. The van der Waals surface area contributed by atoms with Gasteiger partial charge in [0, 0.05) is 45.0 Å². The summed E-state index contributed by atoms with van der Waals surface area (Å²) >= 11 is 0. The van der Waals surface area contributed by atoms with Gasteiger partial charge >= 0.3 is 11.9 Å². The van der Waals surface area contributed by atoms with Crippen LogP contribution in [0.25, 0.3) is 0 Å². The maximum absolute atomic E-state index is 12.3. The Morgan fingerprint density at radius 1 is 0.627 bits per heavy atom. The van der Waals surface area contributed by atoms with Gasteiger partial charge in [-0.05, 0) is 38.5 Å². The predicted molar refractivity (Wildman–Crippen MR) is 179 cm³/mol. The van der Waals surface area contributed by atoms with Gasteiger partial charge in [-0.15, -0.1) is 0 Å². The lowest BCUT2D eigenvalue weighted by Crippen LogP contribution is -2.44. The van der Waals surface area contributed by atoms with Crippen molar-refractivity contribution in [2.45, 2.75) is 95.5 Å². The van der Waals surface area contributed by atoms with E-state index in [9.17, 15) is 62.4 Å². The van der Waals surface area contributed by atoms with Gasteiger partial charge in [-0.2, -0.15) is 0 Å². The molecule has 0 fully saturated rings. The zero-order valence-corrected chi connectivity index (χ0v) is 29.8. The molecule has 0 aromatic heterocycles. The van der Waals surface area contributed by atoms with Crippen LogP contribution >= 0.6 is 0 Å². The molecular weight excluding hydrogens is 702 g/mol. The van der Waals surface area contributed by atoms with E-state index in [1.807, 2.05) is 0 Å². The summed E-state index contributed by atoms with van der Waals surface area (Å²) in [7, 11) is -3.30. The number of unbranched alkanes of at least 4 members (excludes halogenated alkanes) is 1. The number of amides is 5. The molecule has 0 heterocycles. The number of hydrogen-bond donors (Lipinski definition) is 9. The second-order valence-corrected chi connectivity index (χ2v) is 13.8. The van der Waals surface area contributed by atoms with Gasteiger partial charge < -0.3 is 56.5 Å². The molecule has 0 saturated carbocycles. The van der Waals surface area contributed by atoms with E-state index in [4.69, 9.17) is 9.47 Å². The zero-order chi connectivity index (χ0) is 38.8. The van der Waals surface area contributed by atoms with Crippen LogP contribution in [-0.2, 0) is 52.9 Å². The normalized spacial score (nSPS) is 13.0. The van der Waals surface area contributed by atoms with Crippen molar-refractivity contribution in [1.29, 1.82) is 0 Å². The molecule has 21 heteroatoms. The topological polar surface area (TPSA) is 313 Å². The monoisotopic (exact) mass is 755 g/mol. The molecule has 51 heavy (non-hydrogen) atoms. The zero-order valence-electron chi connectivity index (χ0n) is 29.0. The lowest BCUT2D eigenvalue weighted by atomic mass is 10.1. The molecule has 294 valence electrons. The Labute approximate surface area is 296 Å². The maximum Gasteiger partial charge on any atom is 0.326 e. The lowest BCUT2D eigenvalue weighted by molar-refractivity contribution is -0.143. The number of ether oxygens (including phenoxy) is 2. The molecule has 20 nitrogen and oxygen atoms in total. The number of carbonyl (C=O) groups excluding carboxylic acids is 5. The fraction of sp³-hybridized carbons (Fsp3) is 0.767. The van der Waals surface area contributed by atoms with Crippen LogP contribution in [-0.4, -0.2) is 146 Å². The Kier molecular flexibility index (Phi) is 24.8. The molecular formula is C30H53N5O15S. The van der Waals surface area contributed by atoms with E-state index in [0.717, 1.165) is 6.26 Å². The van der Waals surface area contributed by atoms with Crippen LogP contribution in [0.5, 0.6) is 0 Å². The predicted octanol–water partition coefficient (Wildman–Crippen LogP) is -2.85. The van der Waals surface area contributed by atoms with Crippen LogP contribution in [0.1, 0.15) is 71.1 Å². The highest BCUT2D eigenvalue weighted by molar-refractivity contribution is 7.90. The van der Waals surface area contributed by atoms with Crippen LogP contribution in [0.15, 0.2) is 0 Å². The molecule has 9 N–H and O–H groups in total. The molecule has 0 spiro atoms. The van der Waals surface area contributed by atoms with Crippen LogP contribution in [0.4, 0.5) is 0 Å². The van der Waals surface area contributed by atoms with Crippen LogP contribution < -0.4 is 26.6 Å². The minimum absolute atomic E-state index is 0.0118. The Balaban J connectivity index is 4.25. The van der Waals surface area contributed by atoms with Gasteiger partial charge in [0.1, 0.15) is 28.5 Å². The van der Waals surface area contributed by atoms with E-state index in [1.165, 1.54) is 0 Å². The summed E-state index contributed by atoms with van der Waals surface area (Å²) in [6.45, 7) is 2.04. The first-order valence-corrected chi connectivity index (χ1v) is 18.6. The average Bonchev–Trinajstić information content (AvgIpc) is 3.04. The second-order valence-electron chi connectivity index (χ2n) is 11.5. The fourth-order valence-electron chi connectivity index (χ4n) is 4.22. The molecule has 0 aromatic rings. The summed E-state index contributed by atoms with van der Waals surface area (Å²) in [5.74, 6) is -5.81. The third kappa shape index (κ3) is 26.5. The first-order chi connectivity index (χ1) is 23.9. The van der Waals surface area contributed by atoms with Crippen molar-refractivity contribution in [2.75, 3.05) is 51.5 Å². The van der Waals surface area contributed by atoms with Gasteiger partial charge in [0.25, 0.3) is 0 Å². The number of aliphatic hydroxyl groups is 2.